The highest BCUT2D eigenvalue weighted by atomic mass is 32.2. The second kappa shape index (κ2) is 5.51. The lowest BCUT2D eigenvalue weighted by molar-refractivity contribution is 0.566. The third-order valence-corrected chi connectivity index (χ3v) is 5.55. The van der Waals surface area contributed by atoms with Gasteiger partial charge in [0.05, 0.1) is 11.7 Å². The molecule has 0 aliphatic rings. The first kappa shape index (κ1) is 15.0. The highest BCUT2D eigenvalue weighted by Gasteiger charge is 2.22. The van der Waals surface area contributed by atoms with E-state index in [2.05, 4.69) is 9.71 Å². The molecule has 0 radical (unpaired) electrons. The van der Waals surface area contributed by atoms with Crippen LogP contribution in [-0.2, 0) is 10.0 Å². The van der Waals surface area contributed by atoms with Gasteiger partial charge in [-0.25, -0.2) is 18.1 Å². The molecule has 0 spiro atoms. The first-order valence-electron chi connectivity index (χ1n) is 6.10. The number of aromatic nitrogens is 1. The highest BCUT2D eigenvalue weighted by Crippen LogP contribution is 2.23. The van der Waals surface area contributed by atoms with E-state index in [9.17, 15) is 8.42 Å². The molecule has 0 aliphatic heterocycles. The van der Waals surface area contributed by atoms with Gasteiger partial charge in [0.15, 0.2) is 0 Å². The normalized spacial score (nSPS) is 13.3. The molecule has 0 saturated carbocycles. The zero-order valence-electron chi connectivity index (χ0n) is 11.5. The lowest BCUT2D eigenvalue weighted by Crippen LogP contribution is -2.27. The van der Waals surface area contributed by atoms with Crippen LogP contribution in [0.1, 0.15) is 29.2 Å². The van der Waals surface area contributed by atoms with Crippen LogP contribution in [0.25, 0.3) is 0 Å². The van der Waals surface area contributed by atoms with Gasteiger partial charge in [-0.2, -0.15) is 0 Å². The van der Waals surface area contributed by atoms with Crippen LogP contribution in [0.4, 0.5) is 5.69 Å². The smallest absolute Gasteiger partial charge is 0.243 e. The Morgan fingerprint density at radius 3 is 2.60 bits per heavy atom. The summed E-state index contributed by atoms with van der Waals surface area (Å²) < 4.78 is 27.3. The quantitative estimate of drug-likeness (QED) is 0.849. The van der Waals surface area contributed by atoms with Gasteiger partial charge in [-0.3, -0.25) is 0 Å². The maximum Gasteiger partial charge on any atom is 0.243 e. The molecule has 1 heterocycles. The lowest BCUT2D eigenvalue weighted by atomic mass is 10.2. The van der Waals surface area contributed by atoms with E-state index in [0.717, 1.165) is 16.3 Å². The minimum absolute atomic E-state index is 0.100. The van der Waals surface area contributed by atoms with Gasteiger partial charge in [-0.05, 0) is 38.5 Å². The van der Waals surface area contributed by atoms with E-state index >= 15 is 0 Å². The molecule has 7 heteroatoms. The standard InChI is InChI=1S/C13H17N3O2S2/c1-8-4-5-12(11(14)6-8)20(17,18)16-10(3)13-15-9(2)7-19-13/h4-7,10,16H,14H2,1-3H3. The zero-order valence-corrected chi connectivity index (χ0v) is 13.2. The Bertz CT molecular complexity index is 723. The van der Waals surface area contributed by atoms with Crippen molar-refractivity contribution in [2.24, 2.45) is 0 Å². The van der Waals surface area contributed by atoms with Crippen molar-refractivity contribution < 1.29 is 8.42 Å². The van der Waals surface area contributed by atoms with Crippen molar-refractivity contribution in [3.05, 3.63) is 39.8 Å². The third kappa shape index (κ3) is 3.17. The molecule has 0 amide bonds. The predicted octanol–water partition coefficient (Wildman–Crippen LogP) is 2.38. The summed E-state index contributed by atoms with van der Waals surface area (Å²) in [5.74, 6) is 0. The monoisotopic (exact) mass is 311 g/mol. The second-order valence-electron chi connectivity index (χ2n) is 4.71. The maximum absolute atomic E-state index is 12.3. The van der Waals surface area contributed by atoms with E-state index in [4.69, 9.17) is 5.73 Å². The van der Waals surface area contributed by atoms with Crippen molar-refractivity contribution in [3.8, 4) is 0 Å². The SMILES string of the molecule is Cc1ccc(S(=O)(=O)NC(C)c2nc(C)cs2)c(N)c1. The molecule has 1 aromatic carbocycles. The Hall–Kier alpha value is -1.44. The molecule has 3 N–H and O–H groups in total. The molecule has 1 unspecified atom stereocenters. The Kier molecular flexibility index (Phi) is 4.12. The topological polar surface area (TPSA) is 85.1 Å². The molecule has 0 aliphatic carbocycles. The van der Waals surface area contributed by atoms with Gasteiger partial charge < -0.3 is 5.73 Å². The molecule has 108 valence electrons. The number of nitrogens with zero attached hydrogens (tertiary/aromatic N) is 1. The number of rotatable bonds is 4. The molecular weight excluding hydrogens is 294 g/mol. The molecule has 5 nitrogen and oxygen atoms in total. The Labute approximate surface area is 122 Å². The Morgan fingerprint density at radius 1 is 1.35 bits per heavy atom. The van der Waals surface area contributed by atoms with Crippen LogP contribution in [-0.4, -0.2) is 13.4 Å². The Balaban J connectivity index is 2.27. The fourth-order valence-electron chi connectivity index (χ4n) is 1.83. The van der Waals surface area contributed by atoms with E-state index in [1.165, 1.54) is 17.4 Å². The maximum atomic E-state index is 12.3. The second-order valence-corrected chi connectivity index (χ2v) is 7.28. The van der Waals surface area contributed by atoms with E-state index in [1.54, 1.807) is 19.1 Å². The number of anilines is 1. The van der Waals surface area contributed by atoms with Crippen molar-refractivity contribution in [2.45, 2.75) is 31.7 Å². The zero-order chi connectivity index (χ0) is 14.9. The third-order valence-electron chi connectivity index (χ3n) is 2.79. The minimum atomic E-state index is -3.65. The van der Waals surface area contributed by atoms with Crippen LogP contribution < -0.4 is 10.5 Å². The van der Waals surface area contributed by atoms with Crippen LogP contribution >= 0.6 is 11.3 Å². The number of thiazole rings is 1. The number of nitrogens with two attached hydrogens (primary N) is 1. The fraction of sp³-hybridized carbons (Fsp3) is 0.308. The molecule has 1 atom stereocenters. The molecule has 2 rings (SSSR count). The largest absolute Gasteiger partial charge is 0.398 e. The van der Waals surface area contributed by atoms with E-state index in [1.807, 2.05) is 19.2 Å². The molecule has 0 saturated heterocycles. The Morgan fingerprint density at radius 2 is 2.05 bits per heavy atom. The number of aryl methyl sites for hydroxylation is 2. The minimum Gasteiger partial charge on any atom is -0.398 e. The molecule has 1 aromatic heterocycles. The summed E-state index contributed by atoms with van der Waals surface area (Å²) >= 11 is 1.43. The number of hydrogen-bond donors (Lipinski definition) is 2. The van der Waals surface area contributed by atoms with E-state index < -0.39 is 10.0 Å². The van der Waals surface area contributed by atoms with Gasteiger partial charge in [-0.15, -0.1) is 11.3 Å². The fourth-order valence-corrected chi connectivity index (χ4v) is 4.03. The molecule has 2 aromatic rings. The summed E-state index contributed by atoms with van der Waals surface area (Å²) in [5.41, 5.74) is 7.85. The van der Waals surface area contributed by atoms with Gasteiger partial charge in [0.1, 0.15) is 9.90 Å². The number of nitrogen functional groups attached to an aromatic ring is 1. The first-order chi connectivity index (χ1) is 9.29. The van der Waals surface area contributed by atoms with Gasteiger partial charge in [0, 0.05) is 11.1 Å². The molecule has 0 bridgehead atoms. The van der Waals surface area contributed by atoms with Crippen LogP contribution in [0.3, 0.4) is 0 Å². The number of hydrogen-bond acceptors (Lipinski definition) is 5. The van der Waals surface area contributed by atoms with Gasteiger partial charge >= 0.3 is 0 Å². The molecule has 0 fully saturated rings. The van der Waals surface area contributed by atoms with Gasteiger partial charge in [0.25, 0.3) is 0 Å². The van der Waals surface area contributed by atoms with Crippen molar-refractivity contribution in [1.29, 1.82) is 0 Å². The summed E-state index contributed by atoms with van der Waals surface area (Å²) in [6.45, 7) is 5.50. The first-order valence-corrected chi connectivity index (χ1v) is 8.46. The predicted molar refractivity (Wildman–Crippen MR) is 81.2 cm³/mol. The highest BCUT2D eigenvalue weighted by molar-refractivity contribution is 7.89. The van der Waals surface area contributed by atoms with Gasteiger partial charge in [0.2, 0.25) is 10.0 Å². The van der Waals surface area contributed by atoms with E-state index in [-0.39, 0.29) is 16.6 Å². The van der Waals surface area contributed by atoms with Crippen LogP contribution in [0.5, 0.6) is 0 Å². The van der Waals surface area contributed by atoms with Gasteiger partial charge in [-0.1, -0.05) is 6.07 Å². The molecule has 20 heavy (non-hydrogen) atoms. The van der Waals surface area contributed by atoms with Crippen LogP contribution in [0.15, 0.2) is 28.5 Å². The van der Waals surface area contributed by atoms with Crippen molar-refractivity contribution >= 4 is 27.0 Å². The van der Waals surface area contributed by atoms with Crippen LogP contribution in [0, 0.1) is 13.8 Å². The van der Waals surface area contributed by atoms with Crippen molar-refractivity contribution in [2.75, 3.05) is 5.73 Å². The van der Waals surface area contributed by atoms with Crippen molar-refractivity contribution in [3.63, 3.8) is 0 Å². The summed E-state index contributed by atoms with van der Waals surface area (Å²) in [6, 6.07) is 4.50. The molecular formula is C13H17N3O2S2. The summed E-state index contributed by atoms with van der Waals surface area (Å²) in [5, 5.41) is 2.62. The van der Waals surface area contributed by atoms with Crippen molar-refractivity contribution in [1.82, 2.24) is 9.71 Å². The van der Waals surface area contributed by atoms with E-state index in [0.29, 0.717) is 0 Å². The number of nitrogens with one attached hydrogen (secondary N) is 1. The summed E-state index contributed by atoms with van der Waals surface area (Å²) in [4.78, 5) is 4.39. The summed E-state index contributed by atoms with van der Waals surface area (Å²) in [6.07, 6.45) is 0. The average Bonchev–Trinajstić information content (AvgIpc) is 2.74. The number of sulfonamides is 1. The average molecular weight is 311 g/mol. The lowest BCUT2D eigenvalue weighted by Gasteiger charge is -2.13. The summed E-state index contributed by atoms with van der Waals surface area (Å²) in [7, 11) is -3.65. The number of benzene rings is 1. The van der Waals surface area contributed by atoms with Crippen LogP contribution in [0.2, 0.25) is 0 Å².